The Bertz CT molecular complexity index is 1010. The van der Waals surface area contributed by atoms with Gasteiger partial charge in [-0.1, -0.05) is 30.3 Å². The van der Waals surface area contributed by atoms with Crippen molar-refractivity contribution < 1.29 is 26.6 Å². The van der Waals surface area contributed by atoms with Crippen LogP contribution in [0.1, 0.15) is 31.8 Å². The van der Waals surface area contributed by atoms with E-state index >= 15 is 0 Å². The second-order valence-electron chi connectivity index (χ2n) is 6.26. The summed E-state index contributed by atoms with van der Waals surface area (Å²) in [4.78, 5) is 27.9. The van der Waals surface area contributed by atoms with E-state index in [1.807, 2.05) is 60.2 Å². The molecule has 1 aromatic heterocycles. The number of rotatable bonds is 2. The Balaban J connectivity index is 0.00000196. The molecule has 0 saturated carbocycles. The first-order valence-electron chi connectivity index (χ1n) is 8.08. The summed E-state index contributed by atoms with van der Waals surface area (Å²) in [6.07, 6.45) is 3.81. The highest BCUT2D eigenvalue weighted by Gasteiger charge is 2.34. The number of hydrogen-bond donors (Lipinski definition) is 0. The lowest BCUT2D eigenvalue weighted by Crippen LogP contribution is -3.00. The minimum Gasteiger partial charge on any atom is -1.00 e. The number of carbonyl (C=O) groups excluding carboxylic acids is 2. The normalized spacial score (nSPS) is 12.1. The van der Waals surface area contributed by atoms with Crippen molar-refractivity contribution in [3.63, 3.8) is 0 Å². The van der Waals surface area contributed by atoms with Crippen molar-refractivity contribution in [2.75, 3.05) is 19.0 Å². The number of aromatic nitrogens is 1. The molecule has 130 valence electrons. The molecular weight excluding hydrogens is 348 g/mol. The van der Waals surface area contributed by atoms with Crippen LogP contribution in [-0.2, 0) is 0 Å². The van der Waals surface area contributed by atoms with Crippen molar-refractivity contribution >= 4 is 17.3 Å². The molecule has 0 fully saturated rings. The summed E-state index contributed by atoms with van der Waals surface area (Å²) in [5, 5.41) is 0. The number of nitrogens with zero attached hydrogens (tertiary/aromatic N) is 2. The van der Waals surface area contributed by atoms with Crippen molar-refractivity contribution in [2.45, 2.75) is 0 Å². The zero-order chi connectivity index (χ0) is 17.6. The minimum absolute atomic E-state index is 0. The largest absolute Gasteiger partial charge is 1.00 e. The van der Waals surface area contributed by atoms with E-state index < -0.39 is 0 Å². The summed E-state index contributed by atoms with van der Waals surface area (Å²) < 4.78 is 1.88. The maximum Gasteiger partial charge on any atom is 0.222 e. The summed E-state index contributed by atoms with van der Waals surface area (Å²) in [6.45, 7) is 0. The fourth-order valence-corrected chi connectivity index (χ4v) is 3.22. The number of benzene rings is 2. The van der Waals surface area contributed by atoms with Gasteiger partial charge in [0.05, 0.1) is 0 Å². The number of halogens is 1. The lowest BCUT2D eigenvalue weighted by atomic mass is 9.83. The third-order valence-corrected chi connectivity index (χ3v) is 4.54. The molecule has 0 N–H and O–H groups in total. The summed E-state index contributed by atoms with van der Waals surface area (Å²) in [5.74, 6) is -0.206. The third kappa shape index (κ3) is 2.68. The lowest BCUT2D eigenvalue weighted by Gasteiger charge is -2.17. The van der Waals surface area contributed by atoms with E-state index in [-0.39, 0.29) is 24.0 Å². The Labute approximate surface area is 158 Å². The molecule has 0 unspecified atom stereocenters. The minimum atomic E-state index is -0.106. The van der Waals surface area contributed by atoms with Gasteiger partial charge in [0.25, 0.3) is 0 Å². The van der Waals surface area contributed by atoms with E-state index in [0.29, 0.717) is 22.3 Å². The predicted molar refractivity (Wildman–Crippen MR) is 95.6 cm³/mol. The summed E-state index contributed by atoms with van der Waals surface area (Å²) in [6, 6.07) is 16.4. The summed E-state index contributed by atoms with van der Waals surface area (Å²) in [5.41, 5.74) is 3.66. The molecule has 26 heavy (non-hydrogen) atoms. The van der Waals surface area contributed by atoms with Crippen LogP contribution >= 0.6 is 0 Å². The fourth-order valence-electron chi connectivity index (χ4n) is 3.22. The van der Waals surface area contributed by atoms with E-state index in [1.54, 1.807) is 30.3 Å². The van der Waals surface area contributed by atoms with Crippen molar-refractivity contribution in [1.82, 2.24) is 0 Å². The number of fused-ring (bicyclic) bond motifs is 2. The molecule has 0 amide bonds. The molecule has 4 rings (SSSR count). The highest BCUT2D eigenvalue weighted by Crippen LogP contribution is 2.29. The third-order valence-electron chi connectivity index (χ3n) is 4.54. The second-order valence-corrected chi connectivity index (χ2v) is 6.26. The van der Waals surface area contributed by atoms with Crippen molar-refractivity contribution in [1.29, 1.82) is 0 Å². The number of pyridine rings is 1. The Morgan fingerprint density at radius 2 is 1.31 bits per heavy atom. The summed E-state index contributed by atoms with van der Waals surface area (Å²) >= 11 is 0. The molecule has 0 bridgehead atoms. The number of hydrogen-bond acceptors (Lipinski definition) is 3. The van der Waals surface area contributed by atoms with Crippen LogP contribution in [0.25, 0.3) is 5.69 Å². The van der Waals surface area contributed by atoms with E-state index in [1.165, 1.54) is 0 Å². The number of ketones is 2. The highest BCUT2D eigenvalue weighted by molar-refractivity contribution is 6.29. The molecule has 1 aliphatic carbocycles. The first-order valence-corrected chi connectivity index (χ1v) is 8.08. The Morgan fingerprint density at radius 1 is 0.731 bits per heavy atom. The predicted octanol–water partition coefficient (Wildman–Crippen LogP) is -0.191. The summed E-state index contributed by atoms with van der Waals surface area (Å²) in [7, 11) is 3.95. The van der Waals surface area contributed by atoms with Gasteiger partial charge in [0, 0.05) is 54.7 Å². The van der Waals surface area contributed by atoms with Crippen LogP contribution in [0.2, 0.25) is 0 Å². The molecular formula is C21H17ClN2O2. The number of anilines is 1. The van der Waals surface area contributed by atoms with E-state index in [2.05, 4.69) is 0 Å². The maximum absolute atomic E-state index is 13.0. The van der Waals surface area contributed by atoms with Gasteiger partial charge in [-0.25, -0.2) is 0 Å². The average Bonchev–Trinajstić information content (AvgIpc) is 2.65. The molecule has 0 radical (unpaired) electrons. The van der Waals surface area contributed by atoms with Gasteiger partial charge in [-0.3, -0.25) is 9.59 Å². The molecule has 1 aliphatic rings. The van der Waals surface area contributed by atoms with Gasteiger partial charge in [-0.05, 0) is 6.07 Å². The monoisotopic (exact) mass is 364 g/mol. The highest BCUT2D eigenvalue weighted by atomic mass is 35.5. The molecule has 3 aromatic rings. The SMILES string of the molecule is CN(C)c1cc[n+](-c2cccc3c2C(=O)c2ccccc2C3=O)cc1.[Cl-]. The standard InChI is InChI=1S/C21H17N2O2.ClH/c1-22(2)14-10-12-23(13-11-14)18-9-5-8-17-19(18)21(25)16-7-4-3-6-15(16)20(17)24;/h3-13H,1-2H3;1H/q+1;/p-1. The molecule has 4 nitrogen and oxygen atoms in total. The van der Waals surface area contributed by atoms with Crippen LogP contribution in [0.3, 0.4) is 0 Å². The quantitative estimate of drug-likeness (QED) is 0.463. The topological polar surface area (TPSA) is 41.3 Å². The zero-order valence-corrected chi connectivity index (χ0v) is 15.2. The van der Waals surface area contributed by atoms with Gasteiger partial charge in [0.1, 0.15) is 5.56 Å². The van der Waals surface area contributed by atoms with Gasteiger partial charge >= 0.3 is 0 Å². The van der Waals surface area contributed by atoms with Crippen LogP contribution in [0, 0.1) is 0 Å². The smallest absolute Gasteiger partial charge is 0.222 e. The van der Waals surface area contributed by atoms with Gasteiger partial charge in [0.2, 0.25) is 11.5 Å². The van der Waals surface area contributed by atoms with Crippen LogP contribution in [-0.4, -0.2) is 25.7 Å². The molecule has 5 heteroatoms. The van der Waals surface area contributed by atoms with E-state index in [0.717, 1.165) is 11.4 Å². The van der Waals surface area contributed by atoms with Gasteiger partial charge in [-0.2, -0.15) is 4.57 Å². The fraction of sp³-hybridized carbons (Fsp3) is 0.0952. The van der Waals surface area contributed by atoms with Crippen LogP contribution < -0.4 is 21.9 Å². The molecule has 1 heterocycles. The zero-order valence-electron chi connectivity index (χ0n) is 14.4. The van der Waals surface area contributed by atoms with Crippen molar-refractivity contribution in [2.24, 2.45) is 0 Å². The second kappa shape index (κ2) is 6.73. The molecule has 0 spiro atoms. The first-order chi connectivity index (χ1) is 12.1. The van der Waals surface area contributed by atoms with Crippen molar-refractivity contribution in [3.8, 4) is 5.69 Å². The lowest BCUT2D eigenvalue weighted by molar-refractivity contribution is -0.595. The first kappa shape index (κ1) is 17.8. The number of carbonyl (C=O) groups is 2. The van der Waals surface area contributed by atoms with Gasteiger partial charge in [0.15, 0.2) is 18.2 Å². The Hall–Kier alpha value is -2.98. The van der Waals surface area contributed by atoms with Gasteiger partial charge in [-0.15, -0.1) is 0 Å². The van der Waals surface area contributed by atoms with Gasteiger partial charge < -0.3 is 17.3 Å². The van der Waals surface area contributed by atoms with E-state index in [4.69, 9.17) is 0 Å². The Kier molecular flexibility index (Phi) is 4.62. The van der Waals surface area contributed by atoms with Crippen molar-refractivity contribution in [3.05, 3.63) is 89.2 Å². The van der Waals surface area contributed by atoms with Crippen LogP contribution in [0.5, 0.6) is 0 Å². The van der Waals surface area contributed by atoms with Crippen LogP contribution in [0.4, 0.5) is 5.69 Å². The molecule has 0 saturated heterocycles. The average molecular weight is 365 g/mol. The maximum atomic E-state index is 13.0. The van der Waals surface area contributed by atoms with E-state index in [9.17, 15) is 9.59 Å². The van der Waals surface area contributed by atoms with Crippen LogP contribution in [0.15, 0.2) is 67.0 Å². The molecule has 2 aromatic carbocycles. The Morgan fingerprint density at radius 3 is 1.92 bits per heavy atom. The molecule has 0 atom stereocenters. The molecule has 0 aliphatic heterocycles.